The lowest BCUT2D eigenvalue weighted by Gasteiger charge is -2.01. The molecule has 0 heterocycles. The Morgan fingerprint density at radius 1 is 1.55 bits per heavy atom. The lowest BCUT2D eigenvalue weighted by molar-refractivity contribution is 0.282. The van der Waals surface area contributed by atoms with Crippen molar-refractivity contribution in [3.05, 3.63) is 35.9 Å². The van der Waals surface area contributed by atoms with Crippen molar-refractivity contribution in [2.75, 3.05) is 5.73 Å². The second kappa shape index (κ2) is 3.21. The molecular formula is C9H11NO. The molecule has 2 heteroatoms. The molecule has 0 radical (unpaired) electrons. The van der Waals surface area contributed by atoms with Crippen molar-refractivity contribution in [2.24, 2.45) is 0 Å². The summed E-state index contributed by atoms with van der Waals surface area (Å²) in [5.41, 5.74) is 8.02. The molecule has 1 rings (SSSR count). The van der Waals surface area contributed by atoms with Crippen LogP contribution in [-0.4, -0.2) is 5.11 Å². The zero-order valence-corrected chi connectivity index (χ0v) is 6.25. The van der Waals surface area contributed by atoms with Crippen molar-refractivity contribution in [1.29, 1.82) is 0 Å². The number of hydrogen-bond acceptors (Lipinski definition) is 2. The fourth-order valence-corrected chi connectivity index (χ4v) is 0.908. The molecule has 0 fully saturated rings. The molecule has 1 aromatic rings. The standard InChI is InChI=1S/C9H11NO/c1-2-8-4-3-7(6-11)5-9(8)10/h2-5,11H,1,6,10H2. The van der Waals surface area contributed by atoms with Gasteiger partial charge in [-0.05, 0) is 17.2 Å². The van der Waals surface area contributed by atoms with Crippen LogP contribution in [0.15, 0.2) is 24.8 Å². The summed E-state index contributed by atoms with van der Waals surface area (Å²) >= 11 is 0. The molecule has 0 aliphatic carbocycles. The third kappa shape index (κ3) is 1.59. The molecule has 58 valence electrons. The number of anilines is 1. The van der Waals surface area contributed by atoms with E-state index in [1.807, 2.05) is 12.1 Å². The van der Waals surface area contributed by atoms with Crippen LogP contribution in [0.1, 0.15) is 11.1 Å². The number of hydrogen-bond donors (Lipinski definition) is 2. The molecule has 0 unspecified atom stereocenters. The number of benzene rings is 1. The third-order valence-electron chi connectivity index (χ3n) is 1.55. The van der Waals surface area contributed by atoms with Crippen LogP contribution in [0.4, 0.5) is 5.69 Å². The molecule has 0 spiro atoms. The SMILES string of the molecule is C=Cc1ccc(CO)cc1N. The van der Waals surface area contributed by atoms with E-state index in [0.29, 0.717) is 5.69 Å². The predicted octanol–water partition coefficient (Wildman–Crippen LogP) is 1.40. The molecule has 0 saturated heterocycles. The Hall–Kier alpha value is -1.28. The quantitative estimate of drug-likeness (QED) is 0.624. The highest BCUT2D eigenvalue weighted by molar-refractivity contribution is 5.63. The van der Waals surface area contributed by atoms with Gasteiger partial charge in [0.2, 0.25) is 0 Å². The van der Waals surface area contributed by atoms with E-state index in [1.165, 1.54) is 0 Å². The molecular weight excluding hydrogens is 138 g/mol. The van der Waals surface area contributed by atoms with E-state index in [4.69, 9.17) is 10.8 Å². The molecule has 1 aromatic carbocycles. The smallest absolute Gasteiger partial charge is 0.0682 e. The minimum Gasteiger partial charge on any atom is -0.398 e. The highest BCUT2D eigenvalue weighted by Gasteiger charge is 1.95. The van der Waals surface area contributed by atoms with Crippen molar-refractivity contribution in [2.45, 2.75) is 6.61 Å². The van der Waals surface area contributed by atoms with Crippen LogP contribution in [0.3, 0.4) is 0 Å². The Kier molecular flexibility index (Phi) is 2.28. The van der Waals surface area contributed by atoms with E-state index in [-0.39, 0.29) is 6.61 Å². The van der Waals surface area contributed by atoms with Gasteiger partial charge in [0.05, 0.1) is 6.61 Å². The van der Waals surface area contributed by atoms with Gasteiger partial charge in [-0.1, -0.05) is 24.8 Å². The maximum atomic E-state index is 8.74. The highest BCUT2D eigenvalue weighted by Crippen LogP contribution is 2.14. The van der Waals surface area contributed by atoms with E-state index < -0.39 is 0 Å². The second-order valence-corrected chi connectivity index (χ2v) is 2.33. The molecule has 0 aliphatic heterocycles. The van der Waals surface area contributed by atoms with E-state index in [2.05, 4.69) is 6.58 Å². The molecule has 3 N–H and O–H groups in total. The summed E-state index contributed by atoms with van der Waals surface area (Å²) in [4.78, 5) is 0. The molecule has 0 saturated carbocycles. The fourth-order valence-electron chi connectivity index (χ4n) is 0.908. The van der Waals surface area contributed by atoms with Crippen LogP contribution >= 0.6 is 0 Å². The van der Waals surface area contributed by atoms with Gasteiger partial charge in [0.15, 0.2) is 0 Å². The molecule has 2 nitrogen and oxygen atoms in total. The van der Waals surface area contributed by atoms with Crippen LogP contribution in [0.5, 0.6) is 0 Å². The number of nitrogens with two attached hydrogens (primary N) is 1. The van der Waals surface area contributed by atoms with Crippen molar-refractivity contribution < 1.29 is 5.11 Å². The number of aliphatic hydroxyl groups excluding tert-OH is 1. The lowest BCUT2D eigenvalue weighted by atomic mass is 10.1. The molecule has 0 aromatic heterocycles. The Balaban J connectivity index is 3.09. The molecule has 0 aliphatic rings. The van der Waals surface area contributed by atoms with Crippen molar-refractivity contribution >= 4 is 11.8 Å². The van der Waals surface area contributed by atoms with Crippen LogP contribution in [0.25, 0.3) is 6.08 Å². The lowest BCUT2D eigenvalue weighted by Crippen LogP contribution is -1.91. The summed E-state index contributed by atoms with van der Waals surface area (Å²) in [7, 11) is 0. The van der Waals surface area contributed by atoms with Gasteiger partial charge in [0.25, 0.3) is 0 Å². The minimum absolute atomic E-state index is 0.0294. The fraction of sp³-hybridized carbons (Fsp3) is 0.111. The summed E-state index contributed by atoms with van der Waals surface area (Å²) in [6.07, 6.45) is 1.69. The maximum Gasteiger partial charge on any atom is 0.0682 e. The van der Waals surface area contributed by atoms with Gasteiger partial charge in [-0.2, -0.15) is 0 Å². The molecule has 0 atom stereocenters. The Morgan fingerprint density at radius 3 is 2.73 bits per heavy atom. The summed E-state index contributed by atoms with van der Waals surface area (Å²) < 4.78 is 0. The first-order valence-corrected chi connectivity index (χ1v) is 3.39. The third-order valence-corrected chi connectivity index (χ3v) is 1.55. The van der Waals surface area contributed by atoms with E-state index in [0.717, 1.165) is 11.1 Å². The van der Waals surface area contributed by atoms with Crippen LogP contribution in [-0.2, 0) is 6.61 Å². The zero-order valence-electron chi connectivity index (χ0n) is 6.25. The average molecular weight is 149 g/mol. The Bertz CT molecular complexity index is 268. The Morgan fingerprint density at radius 2 is 2.27 bits per heavy atom. The topological polar surface area (TPSA) is 46.2 Å². The minimum atomic E-state index is 0.0294. The average Bonchev–Trinajstić information content (AvgIpc) is 2.04. The summed E-state index contributed by atoms with van der Waals surface area (Å²) in [5.74, 6) is 0. The second-order valence-electron chi connectivity index (χ2n) is 2.33. The van der Waals surface area contributed by atoms with E-state index in [9.17, 15) is 0 Å². The molecule has 0 bridgehead atoms. The largest absolute Gasteiger partial charge is 0.398 e. The van der Waals surface area contributed by atoms with Crippen molar-refractivity contribution in [1.82, 2.24) is 0 Å². The van der Waals surface area contributed by atoms with Crippen molar-refractivity contribution in [3.8, 4) is 0 Å². The van der Waals surface area contributed by atoms with Crippen LogP contribution < -0.4 is 5.73 Å². The normalized spacial score (nSPS) is 9.55. The van der Waals surface area contributed by atoms with Gasteiger partial charge in [0, 0.05) is 5.69 Å². The van der Waals surface area contributed by atoms with Gasteiger partial charge in [-0.15, -0.1) is 0 Å². The Labute approximate surface area is 66.0 Å². The first-order valence-electron chi connectivity index (χ1n) is 3.39. The maximum absolute atomic E-state index is 8.74. The molecule has 11 heavy (non-hydrogen) atoms. The van der Waals surface area contributed by atoms with Crippen LogP contribution in [0, 0.1) is 0 Å². The summed E-state index contributed by atoms with van der Waals surface area (Å²) in [6, 6.07) is 5.41. The van der Waals surface area contributed by atoms with Gasteiger partial charge in [-0.25, -0.2) is 0 Å². The number of nitrogen functional groups attached to an aromatic ring is 1. The first kappa shape index (κ1) is 7.82. The van der Waals surface area contributed by atoms with Crippen molar-refractivity contribution in [3.63, 3.8) is 0 Å². The number of rotatable bonds is 2. The van der Waals surface area contributed by atoms with Gasteiger partial charge < -0.3 is 10.8 Å². The monoisotopic (exact) mass is 149 g/mol. The first-order chi connectivity index (χ1) is 5.27. The summed E-state index contributed by atoms with van der Waals surface area (Å²) in [6.45, 7) is 3.63. The van der Waals surface area contributed by atoms with Crippen LogP contribution in [0.2, 0.25) is 0 Å². The number of aliphatic hydroxyl groups is 1. The zero-order chi connectivity index (χ0) is 8.27. The van der Waals surface area contributed by atoms with Gasteiger partial charge >= 0.3 is 0 Å². The highest BCUT2D eigenvalue weighted by atomic mass is 16.3. The van der Waals surface area contributed by atoms with E-state index >= 15 is 0 Å². The summed E-state index contributed by atoms with van der Waals surface area (Å²) in [5, 5.41) is 8.74. The van der Waals surface area contributed by atoms with Gasteiger partial charge in [0.1, 0.15) is 0 Å². The molecule has 0 amide bonds. The van der Waals surface area contributed by atoms with Gasteiger partial charge in [-0.3, -0.25) is 0 Å². The predicted molar refractivity (Wildman–Crippen MR) is 46.9 cm³/mol. The van der Waals surface area contributed by atoms with E-state index in [1.54, 1.807) is 12.1 Å².